The van der Waals surface area contributed by atoms with Gasteiger partial charge in [0.05, 0.1) is 24.3 Å². The van der Waals surface area contributed by atoms with Gasteiger partial charge in [-0.3, -0.25) is 9.67 Å². The van der Waals surface area contributed by atoms with Gasteiger partial charge >= 0.3 is 12.1 Å². The third-order valence-electron chi connectivity index (χ3n) is 3.87. The quantitative estimate of drug-likeness (QED) is 0.803. The van der Waals surface area contributed by atoms with Gasteiger partial charge in [0, 0.05) is 30.9 Å². The summed E-state index contributed by atoms with van der Waals surface area (Å²) < 4.78 is 44.9. The molecule has 0 amide bonds. The zero-order valence-electron chi connectivity index (χ0n) is 14.3. The highest BCUT2D eigenvalue weighted by Crippen LogP contribution is 2.37. The maximum Gasteiger partial charge on any atom is 0.391 e. The van der Waals surface area contributed by atoms with E-state index in [0.29, 0.717) is 12.1 Å². The number of aromatic nitrogens is 3. The highest BCUT2D eigenvalue weighted by molar-refractivity contribution is 6.35. The second kappa shape index (κ2) is 7.53. The van der Waals surface area contributed by atoms with Crippen LogP contribution >= 0.6 is 11.6 Å². The van der Waals surface area contributed by atoms with Gasteiger partial charge in [-0.2, -0.15) is 18.3 Å². The SMILES string of the molecule is CCn1nc(C(=O)O)c(Cl)c1-c1cnc(CC(C)C(F)(F)F)cc1OC. The molecule has 142 valence electrons. The molecule has 2 aromatic heterocycles. The summed E-state index contributed by atoms with van der Waals surface area (Å²) in [4.78, 5) is 15.3. The van der Waals surface area contributed by atoms with Gasteiger partial charge in [0.15, 0.2) is 5.69 Å². The number of carbonyl (C=O) groups is 1. The molecule has 0 aliphatic rings. The minimum Gasteiger partial charge on any atom is -0.496 e. The van der Waals surface area contributed by atoms with E-state index in [4.69, 9.17) is 16.3 Å². The van der Waals surface area contributed by atoms with Gasteiger partial charge in [0.25, 0.3) is 0 Å². The number of aromatic carboxylic acids is 1. The van der Waals surface area contributed by atoms with E-state index in [1.807, 2.05) is 0 Å². The number of nitrogens with zero attached hydrogens (tertiary/aromatic N) is 3. The van der Waals surface area contributed by atoms with Crippen molar-refractivity contribution in [2.75, 3.05) is 7.11 Å². The normalized spacial score (nSPS) is 12.9. The minimum atomic E-state index is -4.33. The molecule has 1 atom stereocenters. The number of halogens is 4. The summed E-state index contributed by atoms with van der Waals surface area (Å²) in [5.41, 5.74) is 0.516. The number of aryl methyl sites for hydroxylation is 1. The van der Waals surface area contributed by atoms with Crippen molar-refractivity contribution >= 4 is 17.6 Å². The average molecular weight is 392 g/mol. The van der Waals surface area contributed by atoms with Crippen molar-refractivity contribution in [2.45, 2.75) is 33.0 Å². The van der Waals surface area contributed by atoms with E-state index in [2.05, 4.69) is 10.1 Å². The van der Waals surface area contributed by atoms with Crippen LogP contribution < -0.4 is 4.74 Å². The summed E-state index contributed by atoms with van der Waals surface area (Å²) in [6, 6.07) is 1.39. The van der Waals surface area contributed by atoms with E-state index in [1.54, 1.807) is 6.92 Å². The molecule has 2 aromatic rings. The smallest absolute Gasteiger partial charge is 0.391 e. The zero-order chi connectivity index (χ0) is 19.6. The number of pyridine rings is 1. The summed E-state index contributed by atoms with van der Waals surface area (Å²) in [5.74, 6) is -2.61. The van der Waals surface area contributed by atoms with Crippen LogP contribution in [0.3, 0.4) is 0 Å². The molecular weight excluding hydrogens is 375 g/mol. The molecule has 0 spiro atoms. The van der Waals surface area contributed by atoms with Gasteiger partial charge in [0.1, 0.15) is 10.8 Å². The number of carboxylic acid groups (broad SMARTS) is 1. The van der Waals surface area contributed by atoms with Crippen molar-refractivity contribution in [3.8, 4) is 17.0 Å². The van der Waals surface area contributed by atoms with Gasteiger partial charge < -0.3 is 9.84 Å². The Bertz CT molecular complexity index is 821. The fraction of sp³-hybridized carbons (Fsp3) is 0.438. The molecule has 0 fully saturated rings. The molecule has 10 heteroatoms. The lowest BCUT2D eigenvalue weighted by Crippen LogP contribution is -2.22. The van der Waals surface area contributed by atoms with Crippen molar-refractivity contribution in [1.82, 2.24) is 14.8 Å². The third-order valence-corrected chi connectivity index (χ3v) is 4.23. The van der Waals surface area contributed by atoms with E-state index in [9.17, 15) is 23.1 Å². The molecule has 1 unspecified atom stereocenters. The van der Waals surface area contributed by atoms with Gasteiger partial charge in [-0.15, -0.1) is 0 Å². The fourth-order valence-electron chi connectivity index (χ4n) is 2.43. The first-order valence-electron chi connectivity index (χ1n) is 7.69. The number of rotatable bonds is 6. The first-order chi connectivity index (χ1) is 12.1. The number of hydrogen-bond donors (Lipinski definition) is 1. The number of carboxylic acids is 1. The van der Waals surface area contributed by atoms with Crippen molar-refractivity contribution in [2.24, 2.45) is 5.92 Å². The first kappa shape index (κ1) is 20.0. The Hall–Kier alpha value is -2.29. The largest absolute Gasteiger partial charge is 0.496 e. The number of hydrogen-bond acceptors (Lipinski definition) is 4. The van der Waals surface area contributed by atoms with Crippen LogP contribution in [0.25, 0.3) is 11.3 Å². The molecule has 0 saturated carbocycles. The van der Waals surface area contributed by atoms with Crippen LogP contribution in [0.4, 0.5) is 13.2 Å². The summed E-state index contributed by atoms with van der Waals surface area (Å²) in [5, 5.41) is 13.0. The molecule has 6 nitrogen and oxygen atoms in total. The maximum atomic E-state index is 12.7. The number of alkyl halides is 3. The summed E-state index contributed by atoms with van der Waals surface area (Å²) in [6.07, 6.45) is -3.31. The molecule has 0 aliphatic heterocycles. The second-order valence-corrected chi connectivity index (χ2v) is 6.03. The monoisotopic (exact) mass is 391 g/mol. The van der Waals surface area contributed by atoms with Gasteiger partial charge in [-0.05, 0) is 6.92 Å². The maximum absolute atomic E-state index is 12.7. The molecule has 0 saturated heterocycles. The first-order valence-corrected chi connectivity index (χ1v) is 8.07. The van der Waals surface area contributed by atoms with E-state index in [0.717, 1.165) is 6.92 Å². The number of ether oxygens (including phenoxy) is 1. The van der Waals surface area contributed by atoms with Crippen molar-refractivity contribution in [3.63, 3.8) is 0 Å². The lowest BCUT2D eigenvalue weighted by Gasteiger charge is -2.16. The Balaban J connectivity index is 2.50. The van der Waals surface area contributed by atoms with Crippen LogP contribution in [0.15, 0.2) is 12.3 Å². The van der Waals surface area contributed by atoms with Crippen molar-refractivity contribution < 1.29 is 27.8 Å². The topological polar surface area (TPSA) is 77.2 Å². The summed E-state index contributed by atoms with van der Waals surface area (Å²) >= 11 is 6.15. The van der Waals surface area contributed by atoms with E-state index >= 15 is 0 Å². The second-order valence-electron chi connectivity index (χ2n) is 5.65. The highest BCUT2D eigenvalue weighted by Gasteiger charge is 2.36. The number of methoxy groups -OCH3 is 1. The molecular formula is C16H17ClF3N3O3. The van der Waals surface area contributed by atoms with Gasteiger partial charge in [0.2, 0.25) is 0 Å². The predicted octanol–water partition coefficient (Wildman–Crippen LogP) is 4.07. The van der Waals surface area contributed by atoms with Gasteiger partial charge in [-0.1, -0.05) is 18.5 Å². The van der Waals surface area contributed by atoms with Crippen LogP contribution in [0.1, 0.15) is 30.0 Å². The molecule has 26 heavy (non-hydrogen) atoms. The molecule has 0 aliphatic carbocycles. The lowest BCUT2D eigenvalue weighted by atomic mass is 10.0. The Morgan fingerprint density at radius 1 is 1.46 bits per heavy atom. The van der Waals surface area contributed by atoms with Crippen LogP contribution in [0, 0.1) is 5.92 Å². The minimum absolute atomic E-state index is 0.0872. The van der Waals surface area contributed by atoms with Crippen LogP contribution in [0.2, 0.25) is 5.02 Å². The van der Waals surface area contributed by atoms with Crippen LogP contribution in [-0.4, -0.2) is 39.1 Å². The van der Waals surface area contributed by atoms with E-state index < -0.39 is 18.1 Å². The van der Waals surface area contributed by atoms with Crippen molar-refractivity contribution in [1.29, 1.82) is 0 Å². The van der Waals surface area contributed by atoms with Crippen LogP contribution in [-0.2, 0) is 13.0 Å². The highest BCUT2D eigenvalue weighted by atomic mass is 35.5. The molecule has 1 N–H and O–H groups in total. The standard InChI is InChI=1S/C16H17ClF3N3O3/c1-4-23-14(12(17)13(22-23)15(24)25)10-7-21-9(6-11(10)26-3)5-8(2)16(18,19)20/h6-8H,4-5H2,1-3H3,(H,24,25). The molecule has 2 rings (SSSR count). The molecule has 2 heterocycles. The lowest BCUT2D eigenvalue weighted by molar-refractivity contribution is -0.169. The summed E-state index contributed by atoms with van der Waals surface area (Å²) in [6.45, 7) is 3.15. The Morgan fingerprint density at radius 3 is 2.62 bits per heavy atom. The Kier molecular flexibility index (Phi) is 5.80. The molecule has 0 bridgehead atoms. The van der Waals surface area contributed by atoms with E-state index in [-0.39, 0.29) is 34.3 Å². The zero-order valence-corrected chi connectivity index (χ0v) is 15.0. The molecule has 0 aromatic carbocycles. The fourth-order valence-corrected chi connectivity index (χ4v) is 2.75. The Morgan fingerprint density at radius 2 is 2.12 bits per heavy atom. The van der Waals surface area contributed by atoms with Crippen LogP contribution in [0.5, 0.6) is 5.75 Å². The average Bonchev–Trinajstić information content (AvgIpc) is 2.90. The van der Waals surface area contributed by atoms with Crippen molar-refractivity contribution in [3.05, 3.63) is 28.7 Å². The predicted molar refractivity (Wildman–Crippen MR) is 88.6 cm³/mol. The third kappa shape index (κ3) is 3.92. The van der Waals surface area contributed by atoms with Gasteiger partial charge in [-0.25, -0.2) is 4.79 Å². The molecule has 0 radical (unpaired) electrons. The van der Waals surface area contributed by atoms with E-state index in [1.165, 1.54) is 24.1 Å². The Labute approximate surface area is 152 Å². The summed E-state index contributed by atoms with van der Waals surface area (Å²) in [7, 11) is 1.36.